The summed E-state index contributed by atoms with van der Waals surface area (Å²) in [5.41, 5.74) is 1.10. The smallest absolute Gasteiger partial charge is 0.220 e. The minimum atomic E-state index is 0.117. The molecule has 1 aliphatic heterocycles. The Hall–Kier alpha value is -1.10. The molecule has 1 saturated heterocycles. The quantitative estimate of drug-likeness (QED) is 0.867. The van der Waals surface area contributed by atoms with Crippen molar-refractivity contribution in [1.29, 1.82) is 0 Å². The van der Waals surface area contributed by atoms with E-state index in [4.69, 9.17) is 11.6 Å². The van der Waals surface area contributed by atoms with Crippen LogP contribution in [0.3, 0.4) is 0 Å². The lowest BCUT2D eigenvalue weighted by molar-refractivity contribution is -0.122. The fourth-order valence-electron chi connectivity index (χ4n) is 2.97. The van der Waals surface area contributed by atoms with E-state index < -0.39 is 0 Å². The van der Waals surface area contributed by atoms with Gasteiger partial charge in [-0.05, 0) is 24.6 Å². The second-order valence-corrected chi connectivity index (χ2v) is 7.19. The lowest BCUT2D eigenvalue weighted by Gasteiger charge is -2.38. The number of nitrogens with one attached hydrogen (secondary N) is 1. The Kier molecular flexibility index (Phi) is 6.88. The van der Waals surface area contributed by atoms with Gasteiger partial charge in [-0.25, -0.2) is 0 Å². The third kappa shape index (κ3) is 5.48. The Morgan fingerprint density at radius 1 is 1.22 bits per heavy atom. The van der Waals surface area contributed by atoms with E-state index in [2.05, 4.69) is 42.1 Å². The van der Waals surface area contributed by atoms with E-state index in [-0.39, 0.29) is 11.9 Å². The molecule has 5 heteroatoms. The molecule has 4 nitrogen and oxygen atoms in total. The number of hydrogen-bond acceptors (Lipinski definition) is 3. The van der Waals surface area contributed by atoms with Gasteiger partial charge in [0.15, 0.2) is 0 Å². The predicted octanol–water partition coefficient (Wildman–Crippen LogP) is 2.79. The van der Waals surface area contributed by atoms with Gasteiger partial charge in [-0.2, -0.15) is 0 Å². The first kappa shape index (κ1) is 18.2. The molecule has 23 heavy (non-hydrogen) atoms. The Morgan fingerprint density at radius 3 is 2.48 bits per heavy atom. The number of hydrogen-bond donors (Lipinski definition) is 1. The van der Waals surface area contributed by atoms with Crippen molar-refractivity contribution in [3.63, 3.8) is 0 Å². The molecule has 1 aromatic carbocycles. The van der Waals surface area contributed by atoms with Crippen LogP contribution in [-0.4, -0.2) is 55.5 Å². The fraction of sp³-hybridized carbons (Fsp3) is 0.611. The van der Waals surface area contributed by atoms with E-state index in [0.717, 1.165) is 36.8 Å². The standard InChI is InChI=1S/C18H28ClN3O/c1-14(2)12-18(23)20-13-17(15-6-4-5-7-16(15)19)22-10-8-21(3)9-11-22/h4-7,14,17H,8-13H2,1-3H3,(H,20,23). The van der Waals surface area contributed by atoms with Crippen molar-refractivity contribution in [2.75, 3.05) is 39.8 Å². The minimum Gasteiger partial charge on any atom is -0.354 e. The summed E-state index contributed by atoms with van der Waals surface area (Å²) in [6.07, 6.45) is 0.567. The maximum absolute atomic E-state index is 12.0. The molecule has 1 aliphatic rings. The number of rotatable bonds is 6. The Morgan fingerprint density at radius 2 is 1.87 bits per heavy atom. The summed E-state index contributed by atoms with van der Waals surface area (Å²) >= 11 is 6.42. The van der Waals surface area contributed by atoms with Gasteiger partial charge >= 0.3 is 0 Å². The van der Waals surface area contributed by atoms with E-state index in [1.54, 1.807) is 0 Å². The van der Waals surface area contributed by atoms with E-state index in [1.807, 2.05) is 18.2 Å². The second-order valence-electron chi connectivity index (χ2n) is 6.78. The summed E-state index contributed by atoms with van der Waals surface area (Å²) in [6, 6.07) is 8.09. The molecule has 1 heterocycles. The number of carbonyl (C=O) groups is 1. The van der Waals surface area contributed by atoms with Crippen molar-refractivity contribution < 1.29 is 4.79 Å². The first-order chi connectivity index (χ1) is 11.0. The number of nitrogens with zero attached hydrogens (tertiary/aromatic N) is 2. The minimum absolute atomic E-state index is 0.117. The van der Waals surface area contributed by atoms with Gasteiger partial charge in [-0.1, -0.05) is 43.6 Å². The molecule has 128 valence electrons. The van der Waals surface area contributed by atoms with Crippen molar-refractivity contribution in [3.8, 4) is 0 Å². The summed E-state index contributed by atoms with van der Waals surface area (Å²) in [5, 5.41) is 3.87. The van der Waals surface area contributed by atoms with Crippen molar-refractivity contribution in [2.24, 2.45) is 5.92 Å². The molecule has 0 saturated carbocycles. The van der Waals surface area contributed by atoms with E-state index >= 15 is 0 Å². The molecule has 0 radical (unpaired) electrons. The van der Waals surface area contributed by atoms with Gasteiger partial charge in [0.1, 0.15) is 0 Å². The van der Waals surface area contributed by atoms with Gasteiger partial charge in [-0.3, -0.25) is 9.69 Å². The number of piperazine rings is 1. The van der Waals surface area contributed by atoms with Crippen LogP contribution in [0.1, 0.15) is 31.9 Å². The van der Waals surface area contributed by atoms with Gasteiger partial charge in [0.2, 0.25) is 5.91 Å². The number of likely N-dealkylation sites (N-methyl/N-ethyl adjacent to an activating group) is 1. The highest BCUT2D eigenvalue weighted by atomic mass is 35.5. The highest BCUT2D eigenvalue weighted by Crippen LogP contribution is 2.28. The van der Waals surface area contributed by atoms with Crippen molar-refractivity contribution in [3.05, 3.63) is 34.9 Å². The molecule has 1 atom stereocenters. The van der Waals surface area contributed by atoms with Crippen LogP contribution < -0.4 is 5.32 Å². The molecular formula is C18H28ClN3O. The summed E-state index contributed by atoms with van der Waals surface area (Å²) in [6.45, 7) is 8.80. The van der Waals surface area contributed by atoms with Crippen molar-refractivity contribution in [2.45, 2.75) is 26.3 Å². The van der Waals surface area contributed by atoms with E-state index in [9.17, 15) is 4.79 Å². The summed E-state index contributed by atoms with van der Waals surface area (Å²) in [4.78, 5) is 16.8. The van der Waals surface area contributed by atoms with Crippen molar-refractivity contribution in [1.82, 2.24) is 15.1 Å². The molecule has 1 unspecified atom stereocenters. The average molecular weight is 338 g/mol. The highest BCUT2D eigenvalue weighted by molar-refractivity contribution is 6.31. The topological polar surface area (TPSA) is 35.6 Å². The number of halogens is 1. The van der Waals surface area contributed by atoms with Crippen LogP contribution in [-0.2, 0) is 4.79 Å². The van der Waals surface area contributed by atoms with E-state index in [0.29, 0.717) is 18.9 Å². The second kappa shape index (κ2) is 8.67. The van der Waals surface area contributed by atoms with Crippen LogP contribution >= 0.6 is 11.6 Å². The first-order valence-corrected chi connectivity index (χ1v) is 8.79. The number of carbonyl (C=O) groups excluding carboxylic acids is 1. The molecule has 0 aliphatic carbocycles. The average Bonchev–Trinajstić information content (AvgIpc) is 2.50. The fourth-order valence-corrected chi connectivity index (χ4v) is 3.23. The summed E-state index contributed by atoms with van der Waals surface area (Å²) in [5.74, 6) is 0.489. The molecule has 1 fully saturated rings. The Bertz CT molecular complexity index is 513. The lowest BCUT2D eigenvalue weighted by Crippen LogP contribution is -2.48. The zero-order valence-corrected chi connectivity index (χ0v) is 15.1. The van der Waals surface area contributed by atoms with Crippen LogP contribution in [0.25, 0.3) is 0 Å². The molecule has 0 spiro atoms. The van der Waals surface area contributed by atoms with Gasteiger partial charge < -0.3 is 10.2 Å². The Labute approximate surface area is 144 Å². The molecule has 2 rings (SSSR count). The molecule has 1 aromatic rings. The van der Waals surface area contributed by atoms with Gasteiger partial charge in [0.25, 0.3) is 0 Å². The summed E-state index contributed by atoms with van der Waals surface area (Å²) < 4.78 is 0. The summed E-state index contributed by atoms with van der Waals surface area (Å²) in [7, 11) is 2.15. The van der Waals surface area contributed by atoms with Crippen LogP contribution in [0.15, 0.2) is 24.3 Å². The first-order valence-electron chi connectivity index (χ1n) is 8.41. The van der Waals surface area contributed by atoms with Crippen LogP contribution in [0, 0.1) is 5.92 Å². The monoisotopic (exact) mass is 337 g/mol. The lowest BCUT2D eigenvalue weighted by atomic mass is 10.0. The molecule has 0 aromatic heterocycles. The van der Waals surface area contributed by atoms with Gasteiger partial charge in [0.05, 0.1) is 6.04 Å². The van der Waals surface area contributed by atoms with Crippen LogP contribution in [0.2, 0.25) is 5.02 Å². The zero-order chi connectivity index (χ0) is 16.8. The maximum atomic E-state index is 12.0. The number of amides is 1. The highest BCUT2D eigenvalue weighted by Gasteiger charge is 2.25. The molecule has 1 amide bonds. The Balaban J connectivity index is 2.09. The molecular weight excluding hydrogens is 310 g/mol. The van der Waals surface area contributed by atoms with E-state index in [1.165, 1.54) is 0 Å². The maximum Gasteiger partial charge on any atom is 0.220 e. The van der Waals surface area contributed by atoms with Crippen molar-refractivity contribution >= 4 is 17.5 Å². The predicted molar refractivity (Wildman–Crippen MR) is 95.7 cm³/mol. The van der Waals surface area contributed by atoms with Gasteiger partial charge in [-0.15, -0.1) is 0 Å². The molecule has 0 bridgehead atoms. The third-order valence-corrected chi connectivity index (χ3v) is 4.67. The largest absolute Gasteiger partial charge is 0.354 e. The molecule has 1 N–H and O–H groups in total. The van der Waals surface area contributed by atoms with Gasteiger partial charge in [0, 0.05) is 44.2 Å². The van der Waals surface area contributed by atoms with Crippen LogP contribution in [0.4, 0.5) is 0 Å². The zero-order valence-electron chi connectivity index (χ0n) is 14.4. The third-order valence-electron chi connectivity index (χ3n) is 4.33. The SMILES string of the molecule is CC(C)CC(=O)NCC(c1ccccc1Cl)N1CCN(C)CC1. The number of benzene rings is 1. The normalized spacial score (nSPS) is 18.1. The van der Waals surface area contributed by atoms with Crippen LogP contribution in [0.5, 0.6) is 0 Å².